The van der Waals surface area contributed by atoms with Crippen molar-refractivity contribution in [1.82, 2.24) is 9.78 Å². The van der Waals surface area contributed by atoms with Gasteiger partial charge in [0.1, 0.15) is 6.61 Å². The standard InChI is InChI=1S/C13H15IN2O/c1-2-7-16-9-13(8-15-16)17-10-11-3-5-12(14)6-4-11/h3-6,8-9H,2,7,10H2,1H3. The predicted molar refractivity (Wildman–Crippen MR) is 76.0 cm³/mol. The fraction of sp³-hybridized carbons (Fsp3) is 0.308. The van der Waals surface area contributed by atoms with Crippen LogP contribution in [0.5, 0.6) is 5.75 Å². The van der Waals surface area contributed by atoms with Gasteiger partial charge >= 0.3 is 0 Å². The summed E-state index contributed by atoms with van der Waals surface area (Å²) in [6.45, 7) is 3.66. The molecule has 4 heteroatoms. The lowest BCUT2D eigenvalue weighted by molar-refractivity contribution is 0.305. The summed E-state index contributed by atoms with van der Waals surface area (Å²) in [7, 11) is 0. The molecule has 17 heavy (non-hydrogen) atoms. The van der Waals surface area contributed by atoms with Gasteiger partial charge in [-0.2, -0.15) is 5.10 Å². The number of hydrogen-bond acceptors (Lipinski definition) is 2. The summed E-state index contributed by atoms with van der Waals surface area (Å²) < 4.78 is 8.82. The molecule has 0 radical (unpaired) electrons. The highest BCUT2D eigenvalue weighted by Crippen LogP contribution is 2.13. The van der Waals surface area contributed by atoms with Crippen molar-refractivity contribution in [3.8, 4) is 5.75 Å². The molecule has 2 rings (SSSR count). The Kier molecular flexibility index (Phi) is 4.42. The van der Waals surface area contributed by atoms with Crippen LogP contribution in [-0.2, 0) is 13.2 Å². The molecule has 1 aromatic heterocycles. The lowest BCUT2D eigenvalue weighted by Crippen LogP contribution is -1.96. The van der Waals surface area contributed by atoms with Crippen LogP contribution in [0.3, 0.4) is 0 Å². The molecule has 0 atom stereocenters. The lowest BCUT2D eigenvalue weighted by Gasteiger charge is -2.03. The van der Waals surface area contributed by atoms with Crippen molar-refractivity contribution in [2.24, 2.45) is 0 Å². The molecule has 90 valence electrons. The number of halogens is 1. The van der Waals surface area contributed by atoms with Crippen LogP contribution in [0.15, 0.2) is 36.7 Å². The highest BCUT2D eigenvalue weighted by molar-refractivity contribution is 14.1. The zero-order chi connectivity index (χ0) is 12.1. The van der Waals surface area contributed by atoms with Gasteiger partial charge in [-0.3, -0.25) is 4.68 Å². The Bertz CT molecular complexity index is 465. The van der Waals surface area contributed by atoms with Gasteiger partial charge in [-0.15, -0.1) is 0 Å². The van der Waals surface area contributed by atoms with Crippen LogP contribution in [-0.4, -0.2) is 9.78 Å². The predicted octanol–water partition coefficient (Wildman–Crippen LogP) is 3.48. The van der Waals surface area contributed by atoms with E-state index < -0.39 is 0 Å². The Labute approximate surface area is 115 Å². The Balaban J connectivity index is 1.90. The molecule has 0 saturated heterocycles. The number of ether oxygens (including phenoxy) is 1. The molecule has 0 N–H and O–H groups in total. The molecule has 0 bridgehead atoms. The first-order chi connectivity index (χ1) is 8.28. The molecule has 0 aliphatic rings. The van der Waals surface area contributed by atoms with E-state index in [4.69, 9.17) is 4.74 Å². The Morgan fingerprint density at radius 3 is 2.76 bits per heavy atom. The van der Waals surface area contributed by atoms with Crippen LogP contribution in [0, 0.1) is 3.57 Å². The van der Waals surface area contributed by atoms with Crippen LogP contribution >= 0.6 is 22.6 Å². The summed E-state index contributed by atoms with van der Waals surface area (Å²) in [5, 5.41) is 4.22. The van der Waals surface area contributed by atoms with Crippen LogP contribution in [0.1, 0.15) is 18.9 Å². The molecular formula is C13H15IN2O. The second-order valence-corrected chi connectivity index (χ2v) is 5.10. The Hall–Kier alpha value is -1.04. The highest BCUT2D eigenvalue weighted by atomic mass is 127. The minimum absolute atomic E-state index is 0.592. The van der Waals surface area contributed by atoms with Crippen molar-refractivity contribution in [1.29, 1.82) is 0 Å². The average molecular weight is 342 g/mol. The molecule has 0 unspecified atom stereocenters. The average Bonchev–Trinajstić information content (AvgIpc) is 2.77. The number of benzene rings is 1. The first-order valence-corrected chi connectivity index (χ1v) is 6.75. The highest BCUT2D eigenvalue weighted by Gasteiger charge is 1.99. The van der Waals surface area contributed by atoms with Crippen LogP contribution < -0.4 is 4.74 Å². The SMILES string of the molecule is CCCn1cc(OCc2ccc(I)cc2)cn1. The fourth-order valence-electron chi connectivity index (χ4n) is 1.52. The molecule has 0 aliphatic heterocycles. The number of rotatable bonds is 5. The van der Waals surface area contributed by atoms with Crippen LogP contribution in [0.2, 0.25) is 0 Å². The van der Waals surface area contributed by atoms with E-state index in [1.807, 2.05) is 10.9 Å². The van der Waals surface area contributed by atoms with Gasteiger partial charge in [0.05, 0.1) is 12.4 Å². The molecule has 0 fully saturated rings. The second-order valence-electron chi connectivity index (χ2n) is 3.85. The van der Waals surface area contributed by atoms with Crippen molar-refractivity contribution >= 4 is 22.6 Å². The topological polar surface area (TPSA) is 27.1 Å². The van der Waals surface area contributed by atoms with Crippen LogP contribution in [0.4, 0.5) is 0 Å². The van der Waals surface area contributed by atoms with E-state index in [0.717, 1.165) is 18.7 Å². The van der Waals surface area contributed by atoms with E-state index in [1.54, 1.807) is 6.20 Å². The summed E-state index contributed by atoms with van der Waals surface area (Å²) in [5.74, 6) is 0.831. The number of nitrogens with zero attached hydrogens (tertiary/aromatic N) is 2. The maximum Gasteiger partial charge on any atom is 0.157 e. The normalized spacial score (nSPS) is 10.5. The van der Waals surface area contributed by atoms with Gasteiger partial charge in [-0.05, 0) is 46.7 Å². The van der Waals surface area contributed by atoms with E-state index >= 15 is 0 Å². The minimum atomic E-state index is 0.592. The van der Waals surface area contributed by atoms with E-state index in [2.05, 4.69) is 58.9 Å². The first kappa shape index (κ1) is 12.4. The molecule has 0 amide bonds. The van der Waals surface area contributed by atoms with Crippen molar-refractivity contribution in [3.63, 3.8) is 0 Å². The van der Waals surface area contributed by atoms with Crippen LogP contribution in [0.25, 0.3) is 0 Å². The zero-order valence-corrected chi connectivity index (χ0v) is 11.9. The zero-order valence-electron chi connectivity index (χ0n) is 9.77. The third kappa shape index (κ3) is 3.73. The number of aryl methyl sites for hydroxylation is 1. The smallest absolute Gasteiger partial charge is 0.157 e. The van der Waals surface area contributed by atoms with Crippen molar-refractivity contribution < 1.29 is 4.74 Å². The first-order valence-electron chi connectivity index (χ1n) is 5.67. The van der Waals surface area contributed by atoms with Gasteiger partial charge in [0.15, 0.2) is 5.75 Å². The second kappa shape index (κ2) is 6.05. The molecule has 2 aromatic rings. The van der Waals surface area contributed by atoms with E-state index in [9.17, 15) is 0 Å². The third-order valence-electron chi connectivity index (χ3n) is 2.38. The fourth-order valence-corrected chi connectivity index (χ4v) is 1.88. The van der Waals surface area contributed by atoms with Crippen molar-refractivity contribution in [2.45, 2.75) is 26.5 Å². The molecule has 0 spiro atoms. The monoisotopic (exact) mass is 342 g/mol. The van der Waals surface area contributed by atoms with E-state index in [-0.39, 0.29) is 0 Å². The van der Waals surface area contributed by atoms with Gasteiger partial charge in [0.25, 0.3) is 0 Å². The molecule has 0 aliphatic carbocycles. The van der Waals surface area contributed by atoms with Gasteiger partial charge in [0, 0.05) is 10.1 Å². The molecule has 1 heterocycles. The van der Waals surface area contributed by atoms with Gasteiger partial charge in [0.2, 0.25) is 0 Å². The minimum Gasteiger partial charge on any atom is -0.486 e. The lowest BCUT2D eigenvalue weighted by atomic mass is 10.2. The third-order valence-corrected chi connectivity index (χ3v) is 3.10. The summed E-state index contributed by atoms with van der Waals surface area (Å²) >= 11 is 2.29. The van der Waals surface area contributed by atoms with E-state index in [0.29, 0.717) is 6.61 Å². The summed E-state index contributed by atoms with van der Waals surface area (Å²) in [6.07, 6.45) is 4.79. The summed E-state index contributed by atoms with van der Waals surface area (Å²) in [6, 6.07) is 8.33. The van der Waals surface area contributed by atoms with Gasteiger partial charge in [-0.1, -0.05) is 19.1 Å². The Morgan fingerprint density at radius 2 is 2.06 bits per heavy atom. The van der Waals surface area contributed by atoms with E-state index in [1.165, 1.54) is 9.13 Å². The molecule has 3 nitrogen and oxygen atoms in total. The summed E-state index contributed by atoms with van der Waals surface area (Å²) in [4.78, 5) is 0. The quantitative estimate of drug-likeness (QED) is 0.778. The van der Waals surface area contributed by atoms with Crippen molar-refractivity contribution in [3.05, 3.63) is 45.8 Å². The maximum absolute atomic E-state index is 5.67. The van der Waals surface area contributed by atoms with Crippen molar-refractivity contribution in [2.75, 3.05) is 0 Å². The Morgan fingerprint density at radius 1 is 1.29 bits per heavy atom. The number of hydrogen-bond donors (Lipinski definition) is 0. The summed E-state index contributed by atoms with van der Waals surface area (Å²) in [5.41, 5.74) is 1.17. The van der Waals surface area contributed by atoms with Gasteiger partial charge < -0.3 is 4.74 Å². The molecule has 0 saturated carbocycles. The van der Waals surface area contributed by atoms with Gasteiger partial charge in [-0.25, -0.2) is 0 Å². The number of aromatic nitrogens is 2. The maximum atomic E-state index is 5.67. The molecule has 1 aromatic carbocycles. The largest absolute Gasteiger partial charge is 0.486 e. The molecular weight excluding hydrogens is 327 g/mol.